The molecule has 0 aliphatic carbocycles. The van der Waals surface area contributed by atoms with Crippen LogP contribution in [0.15, 0.2) is 35.1 Å². The van der Waals surface area contributed by atoms with Crippen molar-refractivity contribution in [3.05, 3.63) is 51.9 Å². The second kappa shape index (κ2) is 7.87. The Kier molecular flexibility index (Phi) is 5.26. The number of aromatic nitrogens is 3. The van der Waals surface area contributed by atoms with Gasteiger partial charge in [-0.05, 0) is 54.8 Å². The molecule has 8 heteroatoms. The summed E-state index contributed by atoms with van der Waals surface area (Å²) in [6.07, 6.45) is 0.913. The van der Waals surface area contributed by atoms with Crippen LogP contribution < -0.4 is 15.9 Å². The number of aromatic amines is 1. The summed E-state index contributed by atoms with van der Waals surface area (Å²) in [6, 6.07) is 8.94. The Morgan fingerprint density at radius 1 is 1.20 bits per heavy atom. The highest BCUT2D eigenvalue weighted by Gasteiger charge is 2.22. The molecule has 2 aromatic carbocycles. The second-order valence-electron chi connectivity index (χ2n) is 7.92. The monoisotopic (exact) mass is 409 g/mol. The number of fused-ring (bicyclic) bond motifs is 1. The Hall–Kier alpha value is -3.26. The van der Waals surface area contributed by atoms with Crippen molar-refractivity contribution >= 4 is 5.69 Å². The average molecular weight is 409 g/mol. The minimum Gasteiger partial charge on any atom is -0.508 e. The highest BCUT2D eigenvalue weighted by atomic mass is 16.3. The van der Waals surface area contributed by atoms with Crippen molar-refractivity contribution in [2.75, 3.05) is 31.6 Å². The van der Waals surface area contributed by atoms with Gasteiger partial charge in [-0.2, -0.15) is 5.10 Å². The lowest BCUT2D eigenvalue weighted by Crippen LogP contribution is -2.29. The predicted octanol–water partition coefficient (Wildman–Crippen LogP) is 2.34. The van der Waals surface area contributed by atoms with Crippen LogP contribution in [-0.4, -0.2) is 51.7 Å². The summed E-state index contributed by atoms with van der Waals surface area (Å²) < 4.78 is 1.47. The highest BCUT2D eigenvalue weighted by Crippen LogP contribution is 2.38. The molecule has 0 amide bonds. The quantitative estimate of drug-likeness (QED) is 0.498. The molecule has 0 bridgehead atoms. The average Bonchev–Trinajstić information content (AvgIpc) is 3.29. The molecule has 1 aliphatic rings. The number of H-pyrrole nitrogens is 1. The maximum Gasteiger partial charge on any atom is 0.348 e. The first-order chi connectivity index (χ1) is 14.4. The number of rotatable bonds is 6. The maximum atomic E-state index is 12.6. The van der Waals surface area contributed by atoms with Crippen LogP contribution >= 0.6 is 0 Å². The first-order valence-corrected chi connectivity index (χ1v) is 10.2. The lowest BCUT2D eigenvalue weighted by Gasteiger charge is -2.19. The van der Waals surface area contributed by atoms with E-state index in [2.05, 4.69) is 20.4 Å². The molecular weight excluding hydrogens is 382 g/mol. The summed E-state index contributed by atoms with van der Waals surface area (Å²) in [6.45, 7) is 6.69. The molecule has 0 unspecified atom stereocenters. The Morgan fingerprint density at radius 2 is 2.00 bits per heavy atom. The Labute approximate surface area is 174 Å². The van der Waals surface area contributed by atoms with E-state index >= 15 is 0 Å². The first kappa shape index (κ1) is 20.0. The number of phenols is 2. The molecule has 158 valence electrons. The first-order valence-electron chi connectivity index (χ1n) is 10.2. The fraction of sp³-hybridized carbons (Fsp3) is 0.364. The SMILES string of the molecule is CNCCN1CCc2cc(-n3c(-c4cc(C(C)C)c(O)cc4O)n[nH]c3=O)ccc21. The minimum absolute atomic E-state index is 0.0230. The Bertz CT molecular complexity index is 1130. The smallest absolute Gasteiger partial charge is 0.348 e. The molecule has 0 spiro atoms. The van der Waals surface area contributed by atoms with Gasteiger partial charge < -0.3 is 20.4 Å². The van der Waals surface area contributed by atoms with Crippen LogP contribution in [0.1, 0.15) is 30.9 Å². The van der Waals surface area contributed by atoms with E-state index in [0.29, 0.717) is 22.6 Å². The van der Waals surface area contributed by atoms with Gasteiger partial charge in [0.1, 0.15) is 11.5 Å². The summed E-state index contributed by atoms with van der Waals surface area (Å²) >= 11 is 0. The Morgan fingerprint density at radius 3 is 2.73 bits per heavy atom. The molecule has 0 saturated heterocycles. The van der Waals surface area contributed by atoms with Gasteiger partial charge in [0.25, 0.3) is 0 Å². The zero-order chi connectivity index (χ0) is 21.4. The second-order valence-corrected chi connectivity index (χ2v) is 7.92. The summed E-state index contributed by atoms with van der Waals surface area (Å²) in [5.41, 5.74) is 3.75. The van der Waals surface area contributed by atoms with Gasteiger partial charge in [0.2, 0.25) is 0 Å². The molecular formula is C22H27N5O3. The van der Waals surface area contributed by atoms with Crippen LogP contribution in [0.4, 0.5) is 5.69 Å². The normalized spacial score (nSPS) is 13.3. The predicted molar refractivity (Wildman–Crippen MR) is 117 cm³/mol. The van der Waals surface area contributed by atoms with Gasteiger partial charge in [-0.25, -0.2) is 14.5 Å². The molecule has 1 aliphatic heterocycles. The molecule has 0 atom stereocenters. The number of nitrogens with one attached hydrogen (secondary N) is 2. The number of nitrogens with zero attached hydrogens (tertiary/aromatic N) is 3. The van der Waals surface area contributed by atoms with Gasteiger partial charge in [0, 0.05) is 31.4 Å². The van der Waals surface area contributed by atoms with Crippen LogP contribution in [0.5, 0.6) is 11.5 Å². The van der Waals surface area contributed by atoms with Crippen molar-refractivity contribution in [2.45, 2.75) is 26.2 Å². The molecule has 3 aromatic rings. The van der Waals surface area contributed by atoms with Crippen LogP contribution in [0.2, 0.25) is 0 Å². The zero-order valence-corrected chi connectivity index (χ0v) is 17.4. The number of hydrogen-bond acceptors (Lipinski definition) is 6. The molecule has 4 N–H and O–H groups in total. The highest BCUT2D eigenvalue weighted by molar-refractivity contribution is 5.70. The summed E-state index contributed by atoms with van der Waals surface area (Å²) in [7, 11) is 1.94. The van der Waals surface area contributed by atoms with E-state index in [-0.39, 0.29) is 23.1 Å². The van der Waals surface area contributed by atoms with Crippen LogP contribution in [0.3, 0.4) is 0 Å². The van der Waals surface area contributed by atoms with Gasteiger partial charge in [-0.3, -0.25) is 0 Å². The Balaban J connectivity index is 1.78. The van der Waals surface area contributed by atoms with Gasteiger partial charge in [-0.1, -0.05) is 13.8 Å². The van der Waals surface area contributed by atoms with Crippen LogP contribution in [0.25, 0.3) is 17.1 Å². The topological polar surface area (TPSA) is 106 Å². The number of hydrogen-bond donors (Lipinski definition) is 4. The number of anilines is 1. The molecule has 2 heterocycles. The third-order valence-electron chi connectivity index (χ3n) is 5.62. The fourth-order valence-electron chi connectivity index (χ4n) is 4.03. The van der Waals surface area contributed by atoms with E-state index in [9.17, 15) is 15.0 Å². The van der Waals surface area contributed by atoms with E-state index in [1.165, 1.54) is 21.9 Å². The summed E-state index contributed by atoms with van der Waals surface area (Å²) in [5.74, 6) is 0.253. The fourth-order valence-corrected chi connectivity index (χ4v) is 4.03. The number of benzene rings is 2. The van der Waals surface area contributed by atoms with E-state index in [0.717, 1.165) is 26.1 Å². The van der Waals surface area contributed by atoms with Crippen molar-refractivity contribution in [2.24, 2.45) is 0 Å². The molecule has 30 heavy (non-hydrogen) atoms. The van der Waals surface area contributed by atoms with Crippen LogP contribution in [0, 0.1) is 0 Å². The van der Waals surface area contributed by atoms with Crippen molar-refractivity contribution in [3.63, 3.8) is 0 Å². The number of aromatic hydroxyl groups is 2. The lowest BCUT2D eigenvalue weighted by atomic mass is 9.98. The van der Waals surface area contributed by atoms with Gasteiger partial charge >= 0.3 is 5.69 Å². The molecule has 0 fully saturated rings. The zero-order valence-electron chi connectivity index (χ0n) is 17.4. The minimum atomic E-state index is -0.381. The van der Waals surface area contributed by atoms with E-state index in [1.807, 2.05) is 39.1 Å². The van der Waals surface area contributed by atoms with Gasteiger partial charge in [-0.15, -0.1) is 0 Å². The third-order valence-corrected chi connectivity index (χ3v) is 5.62. The van der Waals surface area contributed by atoms with Crippen molar-refractivity contribution < 1.29 is 10.2 Å². The number of likely N-dealkylation sites (N-methyl/N-ethyl adjacent to an activating group) is 1. The van der Waals surface area contributed by atoms with Crippen molar-refractivity contribution in [1.82, 2.24) is 20.1 Å². The molecule has 0 saturated carbocycles. The third kappa shape index (κ3) is 3.43. The molecule has 4 rings (SSSR count). The molecule has 0 radical (unpaired) electrons. The lowest BCUT2D eigenvalue weighted by molar-refractivity contribution is 0.444. The van der Waals surface area contributed by atoms with Crippen molar-refractivity contribution in [1.29, 1.82) is 0 Å². The standard InChI is InChI=1S/C22H27N5O3/c1-13(2)16-11-17(20(29)12-19(16)28)21-24-25-22(30)27(21)15-4-5-18-14(10-15)6-8-26(18)9-7-23-3/h4-5,10-13,23,28-29H,6-9H2,1-3H3,(H,25,30). The van der Waals surface area contributed by atoms with Gasteiger partial charge in [0.15, 0.2) is 5.82 Å². The number of phenolic OH excluding ortho intramolecular Hbond substituents is 2. The molecule has 8 nitrogen and oxygen atoms in total. The summed E-state index contributed by atoms with van der Waals surface area (Å²) in [4.78, 5) is 14.9. The van der Waals surface area contributed by atoms with Crippen LogP contribution in [-0.2, 0) is 6.42 Å². The summed E-state index contributed by atoms with van der Waals surface area (Å²) in [5, 5.41) is 30.4. The van der Waals surface area contributed by atoms with E-state index in [4.69, 9.17) is 0 Å². The van der Waals surface area contributed by atoms with E-state index < -0.39 is 0 Å². The van der Waals surface area contributed by atoms with E-state index in [1.54, 1.807) is 6.07 Å². The maximum absolute atomic E-state index is 12.6. The molecule has 1 aromatic heterocycles. The van der Waals surface area contributed by atoms with Gasteiger partial charge in [0.05, 0.1) is 11.3 Å². The van der Waals surface area contributed by atoms with Crippen molar-refractivity contribution in [3.8, 4) is 28.6 Å². The largest absolute Gasteiger partial charge is 0.508 e.